The van der Waals surface area contributed by atoms with Crippen LogP contribution in [0.1, 0.15) is 48.5 Å². The fraction of sp³-hybridized carbons (Fsp3) is 0.514. The van der Waals surface area contributed by atoms with Crippen LogP contribution in [0.25, 0.3) is 11.5 Å². The van der Waals surface area contributed by atoms with Gasteiger partial charge in [-0.25, -0.2) is 9.78 Å². The zero-order valence-corrected chi connectivity index (χ0v) is 27.7. The Hall–Kier alpha value is -4.13. The third-order valence-corrected chi connectivity index (χ3v) is 8.63. The lowest BCUT2D eigenvalue weighted by molar-refractivity contribution is -0.123. The molecule has 2 unspecified atom stereocenters. The van der Waals surface area contributed by atoms with Crippen molar-refractivity contribution in [3.8, 4) is 11.5 Å². The van der Waals surface area contributed by atoms with Crippen molar-refractivity contribution in [2.24, 2.45) is 5.92 Å². The summed E-state index contributed by atoms with van der Waals surface area (Å²) in [5, 5.41) is 5.95. The molecule has 0 aliphatic carbocycles. The highest BCUT2D eigenvalue weighted by Gasteiger charge is 2.33. The van der Waals surface area contributed by atoms with Crippen LogP contribution in [0, 0.1) is 5.92 Å². The Labute approximate surface area is 276 Å². The van der Waals surface area contributed by atoms with E-state index in [1.165, 1.54) is 0 Å². The van der Waals surface area contributed by atoms with Gasteiger partial charge in [-0.1, -0.05) is 44.2 Å². The number of amides is 3. The largest absolute Gasteiger partial charge is 0.433 e. The van der Waals surface area contributed by atoms with Crippen LogP contribution in [0.5, 0.6) is 0 Å². The molecule has 5 rings (SSSR count). The molecule has 0 saturated carbocycles. The smallest absolute Gasteiger partial charge is 0.318 e. The molecule has 2 aliphatic heterocycles. The number of ketones is 1. The monoisotopic (exact) mass is 645 g/mol. The van der Waals surface area contributed by atoms with E-state index in [9.17, 15) is 14.4 Å². The fourth-order valence-corrected chi connectivity index (χ4v) is 5.85. The van der Waals surface area contributed by atoms with Crippen LogP contribution in [0.3, 0.4) is 0 Å². The van der Waals surface area contributed by atoms with Crippen molar-refractivity contribution in [1.29, 1.82) is 0 Å². The molecule has 12 nitrogen and oxygen atoms in total. The molecule has 3 aromatic rings. The number of nitrogens with zero attached hydrogens (tertiary/aromatic N) is 5. The molecule has 2 aromatic heterocycles. The fourth-order valence-electron chi connectivity index (χ4n) is 5.85. The molecule has 2 aliphatic rings. The second-order valence-corrected chi connectivity index (χ2v) is 12.8. The minimum absolute atomic E-state index is 0.126. The van der Waals surface area contributed by atoms with E-state index in [0.717, 1.165) is 31.7 Å². The van der Waals surface area contributed by atoms with Gasteiger partial charge in [0.2, 0.25) is 17.6 Å². The number of pyridine rings is 1. The van der Waals surface area contributed by atoms with E-state index in [1.54, 1.807) is 29.4 Å². The Morgan fingerprint density at radius 2 is 1.60 bits per heavy atom. The molecule has 12 heteroatoms. The number of carbonyl (C=O) groups is 3. The number of hydrogen-bond acceptors (Lipinski definition) is 9. The number of morpholine rings is 1. The van der Waals surface area contributed by atoms with Crippen molar-refractivity contribution in [1.82, 2.24) is 35.3 Å². The molecule has 2 fully saturated rings. The van der Waals surface area contributed by atoms with E-state index >= 15 is 0 Å². The van der Waals surface area contributed by atoms with Crippen LogP contribution in [0.15, 0.2) is 59.3 Å². The van der Waals surface area contributed by atoms with Crippen molar-refractivity contribution in [3.63, 3.8) is 0 Å². The summed E-state index contributed by atoms with van der Waals surface area (Å²) in [5.74, 6) is -0.132. The molecule has 2 saturated heterocycles. The number of Topliss-reactive ketones (excluding diaryl/α,β-unsaturated/α-hetero) is 1. The Morgan fingerprint density at radius 1 is 0.894 bits per heavy atom. The number of nitrogens with one attached hydrogen (secondary N) is 2. The first kappa shape index (κ1) is 34.2. The average Bonchev–Trinajstić information content (AvgIpc) is 3.51. The molecule has 47 heavy (non-hydrogen) atoms. The number of piperazine rings is 1. The maximum Gasteiger partial charge on any atom is 0.318 e. The summed E-state index contributed by atoms with van der Waals surface area (Å²) >= 11 is 0. The van der Waals surface area contributed by atoms with Gasteiger partial charge in [0.15, 0.2) is 5.76 Å². The topological polar surface area (TPSA) is 133 Å². The summed E-state index contributed by atoms with van der Waals surface area (Å²) in [7, 11) is 2.10. The molecule has 0 radical (unpaired) electrons. The van der Waals surface area contributed by atoms with E-state index < -0.39 is 18.0 Å². The van der Waals surface area contributed by atoms with Crippen LogP contribution >= 0.6 is 0 Å². The average molecular weight is 646 g/mol. The van der Waals surface area contributed by atoms with Gasteiger partial charge in [-0.05, 0) is 49.9 Å². The van der Waals surface area contributed by atoms with Gasteiger partial charge >= 0.3 is 6.03 Å². The summed E-state index contributed by atoms with van der Waals surface area (Å²) in [6.07, 6.45) is 4.64. The second kappa shape index (κ2) is 16.6. The molecule has 2 atom stereocenters. The number of likely N-dealkylation sites (N-methyl/N-ethyl adjacent to an activating group) is 1. The van der Waals surface area contributed by atoms with Crippen LogP contribution in [0.4, 0.5) is 4.79 Å². The van der Waals surface area contributed by atoms with Gasteiger partial charge in [-0.15, -0.1) is 0 Å². The third-order valence-electron chi connectivity index (χ3n) is 8.63. The molecule has 0 spiro atoms. The SMILES string of the molecule is CC(C)CC(NC(=O)N1CCOCC1)C(=O)NC(CCc1ccccc1)C(=O)c1oc(-c2ccncc2)nc1CN1CCN(C)CC1. The first-order chi connectivity index (χ1) is 22.8. The zero-order chi connectivity index (χ0) is 33.2. The Balaban J connectivity index is 1.41. The first-order valence-corrected chi connectivity index (χ1v) is 16.6. The Bertz CT molecular complexity index is 1450. The molecular formula is C35H47N7O5. The van der Waals surface area contributed by atoms with Gasteiger partial charge in [0, 0.05) is 63.8 Å². The lowest BCUT2D eigenvalue weighted by atomic mass is 9.98. The highest BCUT2D eigenvalue weighted by atomic mass is 16.5. The zero-order valence-electron chi connectivity index (χ0n) is 27.7. The van der Waals surface area contributed by atoms with Crippen molar-refractivity contribution in [3.05, 3.63) is 71.9 Å². The van der Waals surface area contributed by atoms with Crippen LogP contribution in [-0.2, 0) is 22.5 Å². The third kappa shape index (κ3) is 9.69. The number of hydrogen-bond donors (Lipinski definition) is 2. The van der Waals surface area contributed by atoms with E-state index in [4.69, 9.17) is 14.1 Å². The van der Waals surface area contributed by atoms with Crippen LogP contribution in [0.2, 0.25) is 0 Å². The summed E-state index contributed by atoms with van der Waals surface area (Å²) in [6, 6.07) is 11.4. The van der Waals surface area contributed by atoms with Crippen LogP contribution in [-0.4, -0.2) is 114 Å². The van der Waals surface area contributed by atoms with Gasteiger partial charge in [0.25, 0.3) is 0 Å². The summed E-state index contributed by atoms with van der Waals surface area (Å²) in [6.45, 7) is 9.81. The van der Waals surface area contributed by atoms with Crippen LogP contribution < -0.4 is 10.6 Å². The van der Waals surface area contributed by atoms with Gasteiger partial charge in [-0.2, -0.15) is 0 Å². The van der Waals surface area contributed by atoms with Gasteiger partial charge in [0.05, 0.1) is 19.3 Å². The summed E-state index contributed by atoms with van der Waals surface area (Å²) in [5.41, 5.74) is 2.31. The van der Waals surface area contributed by atoms with Crippen molar-refractivity contribution < 1.29 is 23.5 Å². The molecule has 1 aromatic carbocycles. The number of aromatic nitrogens is 2. The van der Waals surface area contributed by atoms with E-state index in [-0.39, 0.29) is 23.5 Å². The van der Waals surface area contributed by atoms with E-state index in [1.807, 2.05) is 44.2 Å². The highest BCUT2D eigenvalue weighted by molar-refractivity contribution is 6.01. The van der Waals surface area contributed by atoms with Crippen molar-refractivity contribution in [2.45, 2.75) is 51.7 Å². The number of aryl methyl sites for hydroxylation is 1. The van der Waals surface area contributed by atoms with Gasteiger partial charge < -0.3 is 29.6 Å². The number of rotatable bonds is 13. The molecule has 4 heterocycles. The van der Waals surface area contributed by atoms with E-state index in [2.05, 4.69) is 32.5 Å². The van der Waals surface area contributed by atoms with E-state index in [0.29, 0.717) is 69.3 Å². The van der Waals surface area contributed by atoms with Gasteiger partial charge in [0.1, 0.15) is 11.7 Å². The first-order valence-electron chi connectivity index (χ1n) is 16.6. The molecular weight excluding hydrogens is 598 g/mol. The summed E-state index contributed by atoms with van der Waals surface area (Å²) in [4.78, 5) is 56.6. The maximum absolute atomic E-state index is 14.5. The minimum Gasteiger partial charge on any atom is -0.433 e. The lowest BCUT2D eigenvalue weighted by Gasteiger charge is -2.32. The quantitative estimate of drug-likeness (QED) is 0.269. The number of oxazole rings is 1. The number of ether oxygens (including phenoxy) is 1. The predicted octanol–water partition coefficient (Wildman–Crippen LogP) is 3.24. The number of urea groups is 1. The summed E-state index contributed by atoms with van der Waals surface area (Å²) < 4.78 is 11.6. The highest BCUT2D eigenvalue weighted by Crippen LogP contribution is 2.25. The normalized spacial score (nSPS) is 17.3. The molecule has 3 amide bonds. The number of carbonyl (C=O) groups excluding carboxylic acids is 3. The van der Waals surface area contributed by atoms with Crippen molar-refractivity contribution in [2.75, 3.05) is 59.5 Å². The van der Waals surface area contributed by atoms with Gasteiger partial charge in [-0.3, -0.25) is 19.5 Å². The maximum atomic E-state index is 14.5. The predicted molar refractivity (Wildman–Crippen MR) is 178 cm³/mol. The Kier molecular flexibility index (Phi) is 12.1. The van der Waals surface area contributed by atoms with Crippen molar-refractivity contribution >= 4 is 17.7 Å². The lowest BCUT2D eigenvalue weighted by Crippen LogP contribution is -2.56. The second-order valence-electron chi connectivity index (χ2n) is 12.8. The molecule has 252 valence electrons. The number of benzene rings is 1. The molecule has 0 bridgehead atoms. The minimum atomic E-state index is -0.901. The Morgan fingerprint density at radius 3 is 2.28 bits per heavy atom. The molecule has 2 N–H and O–H groups in total. The standard InChI is InChI=1S/C35H47N7O5/c1-25(2)23-29(39-35(45)42-19-21-46-22-20-42)33(44)37-28(10-9-26-7-5-4-6-8-26)31(43)32-30(24-41-17-15-40(3)16-18-41)38-34(47-32)27-11-13-36-14-12-27/h4-8,11-14,25,28-29H,9-10,15-24H2,1-3H3,(H,37,44)(H,39,45).